The molecule has 0 aromatic heterocycles. The second kappa shape index (κ2) is 9.40. The fraction of sp³-hybridized carbons (Fsp3) is 0.571. The van der Waals surface area contributed by atoms with E-state index in [2.05, 4.69) is 18.7 Å². The van der Waals surface area contributed by atoms with Gasteiger partial charge in [0.25, 0.3) is 0 Å². The van der Waals surface area contributed by atoms with Crippen LogP contribution in [0.4, 0.5) is 5.69 Å². The second-order valence-electron chi connectivity index (χ2n) is 7.15. The fourth-order valence-electron chi connectivity index (χ4n) is 3.58. The molecule has 1 aliphatic rings. The van der Waals surface area contributed by atoms with Gasteiger partial charge in [-0.1, -0.05) is 49.2 Å². The molecule has 25 heavy (non-hydrogen) atoms. The van der Waals surface area contributed by atoms with Crippen molar-refractivity contribution in [3.8, 4) is 0 Å². The van der Waals surface area contributed by atoms with E-state index >= 15 is 0 Å². The molecule has 4 heteroatoms. The smallest absolute Gasteiger partial charge is 0.226 e. The first kappa shape index (κ1) is 20.0. The molecule has 3 nitrogen and oxygen atoms in total. The van der Waals surface area contributed by atoms with Crippen LogP contribution < -0.4 is 4.90 Å². The van der Waals surface area contributed by atoms with Gasteiger partial charge in [0.1, 0.15) is 0 Å². The average Bonchev–Trinajstić information content (AvgIpc) is 2.62. The topological polar surface area (TPSA) is 23.6 Å². The minimum atomic E-state index is 0.216. The zero-order valence-electron chi connectivity index (χ0n) is 16.0. The molecule has 0 radical (unpaired) electrons. The molecule has 2 atom stereocenters. The van der Waals surface area contributed by atoms with E-state index in [0.29, 0.717) is 12.3 Å². The van der Waals surface area contributed by atoms with Gasteiger partial charge in [0, 0.05) is 42.8 Å². The Morgan fingerprint density at radius 2 is 1.96 bits per heavy atom. The van der Waals surface area contributed by atoms with Crippen LogP contribution in [0.1, 0.15) is 47.0 Å². The van der Waals surface area contributed by atoms with Gasteiger partial charge in [-0.05, 0) is 44.7 Å². The third kappa shape index (κ3) is 5.32. The Bertz CT molecular complexity index is 595. The van der Waals surface area contributed by atoms with Gasteiger partial charge in [-0.3, -0.25) is 4.79 Å². The molecular weight excluding hydrogens is 332 g/mol. The number of carbonyl (C=O) groups excluding carboxylic acids is 1. The number of piperidine rings is 1. The van der Waals surface area contributed by atoms with Crippen LogP contribution in [-0.4, -0.2) is 36.5 Å². The zero-order valence-corrected chi connectivity index (χ0v) is 16.7. The Hall–Kier alpha value is -1.32. The fourth-order valence-corrected chi connectivity index (χ4v) is 3.68. The number of benzene rings is 1. The Morgan fingerprint density at radius 3 is 2.52 bits per heavy atom. The van der Waals surface area contributed by atoms with Crippen molar-refractivity contribution in [2.75, 3.05) is 24.5 Å². The minimum absolute atomic E-state index is 0.216. The number of rotatable bonds is 6. The van der Waals surface area contributed by atoms with Crippen molar-refractivity contribution in [3.63, 3.8) is 0 Å². The predicted molar refractivity (Wildman–Crippen MR) is 107 cm³/mol. The summed E-state index contributed by atoms with van der Waals surface area (Å²) in [6, 6.07) is 10.4. The molecule has 1 aliphatic heterocycles. The van der Waals surface area contributed by atoms with Crippen molar-refractivity contribution in [2.24, 2.45) is 5.92 Å². The third-order valence-electron chi connectivity index (χ3n) is 5.27. The molecule has 1 amide bonds. The summed E-state index contributed by atoms with van der Waals surface area (Å²) in [5.41, 5.74) is 2.29. The summed E-state index contributed by atoms with van der Waals surface area (Å²) in [5, 5.41) is 0.909. The van der Waals surface area contributed by atoms with Gasteiger partial charge in [-0.15, -0.1) is 0 Å². The molecule has 2 rings (SSSR count). The SMILES string of the molecule is CCC(=O)N(c1ccccc1)C1CCN(CC/C(C)=C(/C)Cl)CC1C. The Labute approximate surface area is 157 Å². The second-order valence-corrected chi connectivity index (χ2v) is 7.72. The van der Waals surface area contributed by atoms with E-state index in [1.165, 1.54) is 5.57 Å². The maximum Gasteiger partial charge on any atom is 0.226 e. The standard InChI is InChI=1S/C21H31ClN2O/c1-5-21(25)24(19-9-7-6-8-10-19)20-12-14-23(15-17(20)3)13-11-16(2)18(4)22/h6-10,17,20H,5,11-15H2,1-4H3/b18-16-. The van der Waals surface area contributed by atoms with Crippen molar-refractivity contribution in [1.82, 2.24) is 4.90 Å². The zero-order chi connectivity index (χ0) is 18.4. The molecule has 1 saturated heterocycles. The lowest BCUT2D eigenvalue weighted by atomic mass is 9.91. The summed E-state index contributed by atoms with van der Waals surface area (Å²) in [7, 11) is 0. The van der Waals surface area contributed by atoms with Crippen LogP contribution in [0, 0.1) is 5.92 Å². The first-order valence-electron chi connectivity index (χ1n) is 9.35. The van der Waals surface area contributed by atoms with Crippen LogP contribution in [0.5, 0.6) is 0 Å². The summed E-state index contributed by atoms with van der Waals surface area (Å²) in [6.45, 7) is 11.4. The van der Waals surface area contributed by atoms with Gasteiger partial charge in [-0.2, -0.15) is 0 Å². The molecule has 1 aromatic carbocycles. The third-order valence-corrected chi connectivity index (χ3v) is 5.60. The van der Waals surface area contributed by atoms with E-state index < -0.39 is 0 Å². The van der Waals surface area contributed by atoms with Crippen LogP contribution >= 0.6 is 11.6 Å². The highest BCUT2D eigenvalue weighted by Crippen LogP contribution is 2.28. The molecule has 1 heterocycles. The molecule has 0 N–H and O–H groups in total. The van der Waals surface area contributed by atoms with E-state index in [9.17, 15) is 4.79 Å². The van der Waals surface area contributed by atoms with Crippen LogP contribution in [-0.2, 0) is 4.79 Å². The van der Waals surface area contributed by atoms with Gasteiger partial charge in [0.05, 0.1) is 0 Å². The molecule has 2 unspecified atom stereocenters. The summed E-state index contributed by atoms with van der Waals surface area (Å²) in [6.07, 6.45) is 2.58. The molecule has 0 bridgehead atoms. The monoisotopic (exact) mass is 362 g/mol. The van der Waals surface area contributed by atoms with Crippen molar-refractivity contribution in [3.05, 3.63) is 40.9 Å². The van der Waals surface area contributed by atoms with Gasteiger partial charge < -0.3 is 9.80 Å². The minimum Gasteiger partial charge on any atom is -0.309 e. The lowest BCUT2D eigenvalue weighted by Crippen LogP contribution is -2.52. The molecule has 0 spiro atoms. The van der Waals surface area contributed by atoms with E-state index in [-0.39, 0.29) is 11.9 Å². The summed E-state index contributed by atoms with van der Waals surface area (Å²) in [5.74, 6) is 0.666. The van der Waals surface area contributed by atoms with E-state index in [0.717, 1.165) is 43.2 Å². The number of hydrogen-bond donors (Lipinski definition) is 0. The maximum atomic E-state index is 12.6. The predicted octanol–water partition coefficient (Wildman–Crippen LogP) is 5.06. The number of allylic oxidation sites excluding steroid dienone is 1. The van der Waals surface area contributed by atoms with Crippen molar-refractivity contribution in [2.45, 2.75) is 53.0 Å². The highest BCUT2D eigenvalue weighted by Gasteiger charge is 2.33. The van der Waals surface area contributed by atoms with E-state index in [1.807, 2.05) is 49.1 Å². The van der Waals surface area contributed by atoms with Gasteiger partial charge >= 0.3 is 0 Å². The summed E-state index contributed by atoms with van der Waals surface area (Å²) in [4.78, 5) is 17.2. The number of likely N-dealkylation sites (tertiary alicyclic amines) is 1. The van der Waals surface area contributed by atoms with E-state index in [1.54, 1.807) is 0 Å². The number of halogens is 1. The summed E-state index contributed by atoms with van der Waals surface area (Å²) >= 11 is 6.07. The number of nitrogens with zero attached hydrogens (tertiary/aromatic N) is 2. The number of hydrogen-bond acceptors (Lipinski definition) is 2. The van der Waals surface area contributed by atoms with Crippen molar-refractivity contribution in [1.29, 1.82) is 0 Å². The van der Waals surface area contributed by atoms with Crippen LogP contribution in [0.15, 0.2) is 40.9 Å². The van der Waals surface area contributed by atoms with Crippen molar-refractivity contribution < 1.29 is 4.79 Å². The Kier molecular flexibility index (Phi) is 7.52. The Balaban J connectivity index is 2.05. The normalized spacial score (nSPS) is 22.4. The van der Waals surface area contributed by atoms with Crippen molar-refractivity contribution >= 4 is 23.2 Å². The molecular formula is C21H31ClN2O. The lowest BCUT2D eigenvalue weighted by Gasteiger charge is -2.43. The maximum absolute atomic E-state index is 12.6. The largest absolute Gasteiger partial charge is 0.309 e. The first-order chi connectivity index (χ1) is 11.9. The molecule has 1 aromatic rings. The Morgan fingerprint density at radius 1 is 1.28 bits per heavy atom. The molecule has 0 saturated carbocycles. The van der Waals surface area contributed by atoms with E-state index in [4.69, 9.17) is 11.6 Å². The molecule has 138 valence electrons. The van der Waals surface area contributed by atoms with Gasteiger partial charge in [0.2, 0.25) is 5.91 Å². The number of amides is 1. The van der Waals surface area contributed by atoms with Gasteiger partial charge in [-0.25, -0.2) is 0 Å². The highest BCUT2D eigenvalue weighted by atomic mass is 35.5. The number of anilines is 1. The van der Waals surface area contributed by atoms with Crippen LogP contribution in [0.25, 0.3) is 0 Å². The average molecular weight is 363 g/mol. The molecule has 0 aliphatic carbocycles. The number of carbonyl (C=O) groups is 1. The highest BCUT2D eigenvalue weighted by molar-refractivity contribution is 6.29. The first-order valence-corrected chi connectivity index (χ1v) is 9.73. The van der Waals surface area contributed by atoms with Crippen LogP contribution in [0.3, 0.4) is 0 Å². The summed E-state index contributed by atoms with van der Waals surface area (Å²) < 4.78 is 0. The number of para-hydroxylation sites is 1. The molecule has 1 fully saturated rings. The lowest BCUT2D eigenvalue weighted by molar-refractivity contribution is -0.119. The van der Waals surface area contributed by atoms with Crippen LogP contribution in [0.2, 0.25) is 0 Å². The van der Waals surface area contributed by atoms with Gasteiger partial charge in [0.15, 0.2) is 0 Å². The quantitative estimate of drug-likeness (QED) is 0.705.